The molecule has 0 bridgehead atoms. The summed E-state index contributed by atoms with van der Waals surface area (Å²) in [5.74, 6) is 0. The number of para-hydroxylation sites is 2. The summed E-state index contributed by atoms with van der Waals surface area (Å²) in [6, 6.07) is 50.8. The Bertz CT molecular complexity index is 2550. The third-order valence-electron chi connectivity index (χ3n) is 8.96. The smallest absolute Gasteiger partial charge is 0.101 e. The van der Waals surface area contributed by atoms with Gasteiger partial charge in [-0.3, -0.25) is 0 Å². The normalized spacial score (nSPS) is 11.6. The zero-order valence-electron chi connectivity index (χ0n) is 23.5. The molecule has 9 aromatic rings. The van der Waals surface area contributed by atoms with Gasteiger partial charge in [-0.15, -0.1) is 0 Å². The lowest BCUT2D eigenvalue weighted by molar-refractivity contribution is 1.09. The van der Waals surface area contributed by atoms with Crippen molar-refractivity contribution in [3.8, 4) is 23.5 Å². The van der Waals surface area contributed by atoms with E-state index in [-0.39, 0.29) is 0 Å². The second kappa shape index (κ2) is 9.07. The van der Waals surface area contributed by atoms with Gasteiger partial charge in [0.2, 0.25) is 0 Å². The molecule has 9 rings (SSSR count). The Morgan fingerprint density at radius 1 is 0.386 bits per heavy atom. The van der Waals surface area contributed by atoms with E-state index in [4.69, 9.17) is 0 Å². The average Bonchev–Trinajstić information content (AvgIpc) is 3.61. The van der Waals surface area contributed by atoms with Gasteiger partial charge in [0, 0.05) is 21.5 Å². The first-order chi connectivity index (χ1) is 21.8. The number of nitriles is 2. The van der Waals surface area contributed by atoms with Gasteiger partial charge in [0.15, 0.2) is 0 Å². The fourth-order valence-corrected chi connectivity index (χ4v) is 7.12. The summed E-state index contributed by atoms with van der Waals surface area (Å²) in [5.41, 5.74) is 6.57. The third kappa shape index (κ3) is 3.20. The van der Waals surface area contributed by atoms with Crippen molar-refractivity contribution in [2.24, 2.45) is 0 Å². The quantitative estimate of drug-likeness (QED) is 0.212. The van der Waals surface area contributed by atoms with Crippen molar-refractivity contribution in [1.29, 1.82) is 10.5 Å². The fraction of sp³-hybridized carbons (Fsp3) is 0. The molecule has 2 aromatic heterocycles. The first-order valence-corrected chi connectivity index (χ1v) is 14.6. The van der Waals surface area contributed by atoms with Gasteiger partial charge in [-0.05, 0) is 57.9 Å². The Morgan fingerprint density at radius 2 is 0.773 bits per heavy atom. The van der Waals surface area contributed by atoms with Crippen molar-refractivity contribution < 1.29 is 0 Å². The van der Waals surface area contributed by atoms with Crippen LogP contribution in [0.1, 0.15) is 11.1 Å². The SMILES string of the molecule is N#Cc1cc(-n2c3ccccc3c3c4ccccc4ccc32)c(-n2c3ccccc3c3c4ccccc4ccc32)cc1C#N. The van der Waals surface area contributed by atoms with Gasteiger partial charge < -0.3 is 9.13 Å². The standard InChI is InChI=1S/C40H22N4/c41-23-27-21-37(43-33-15-7-5-13-31(33)39-29-11-3-1-9-25(29)17-19-35(39)43)38(22-28(27)24-42)44-34-16-8-6-14-32(34)40-30-12-4-2-10-26(30)18-20-36(40)44/h1-22H. The van der Waals surface area contributed by atoms with Crippen LogP contribution in [0.3, 0.4) is 0 Å². The Balaban J connectivity index is 1.51. The molecule has 4 heteroatoms. The maximum Gasteiger partial charge on any atom is 0.101 e. The number of hydrogen-bond acceptors (Lipinski definition) is 2. The van der Waals surface area contributed by atoms with Crippen LogP contribution >= 0.6 is 0 Å². The molecule has 7 aromatic carbocycles. The fourth-order valence-electron chi connectivity index (χ4n) is 7.12. The molecular formula is C40H22N4. The molecule has 2 heterocycles. The zero-order chi connectivity index (χ0) is 29.4. The number of hydrogen-bond donors (Lipinski definition) is 0. The molecule has 0 atom stereocenters. The maximum atomic E-state index is 10.2. The molecule has 0 spiro atoms. The number of nitrogens with zero attached hydrogens (tertiary/aromatic N) is 4. The highest BCUT2D eigenvalue weighted by Crippen LogP contribution is 2.42. The van der Waals surface area contributed by atoms with Crippen LogP contribution in [0.2, 0.25) is 0 Å². The Kier molecular flexibility index (Phi) is 5.00. The lowest BCUT2D eigenvalue weighted by Crippen LogP contribution is -2.05. The molecule has 0 fully saturated rings. The van der Waals surface area contributed by atoms with E-state index in [2.05, 4.69) is 143 Å². The molecule has 0 aliphatic heterocycles. The zero-order valence-corrected chi connectivity index (χ0v) is 23.5. The topological polar surface area (TPSA) is 57.4 Å². The molecular weight excluding hydrogens is 536 g/mol. The average molecular weight is 559 g/mol. The van der Waals surface area contributed by atoms with E-state index in [1.165, 1.54) is 32.3 Å². The molecule has 0 radical (unpaired) electrons. The van der Waals surface area contributed by atoms with Crippen molar-refractivity contribution in [1.82, 2.24) is 9.13 Å². The lowest BCUT2D eigenvalue weighted by atomic mass is 10.0. The van der Waals surface area contributed by atoms with Crippen LogP contribution in [0.5, 0.6) is 0 Å². The van der Waals surface area contributed by atoms with Gasteiger partial charge in [-0.1, -0.05) is 97.1 Å². The van der Waals surface area contributed by atoms with Gasteiger partial charge in [0.25, 0.3) is 0 Å². The van der Waals surface area contributed by atoms with Crippen LogP contribution < -0.4 is 0 Å². The molecule has 4 nitrogen and oxygen atoms in total. The second-order valence-electron chi connectivity index (χ2n) is 11.2. The lowest BCUT2D eigenvalue weighted by Gasteiger charge is -2.18. The van der Waals surface area contributed by atoms with E-state index in [0.29, 0.717) is 11.1 Å². The summed E-state index contributed by atoms with van der Waals surface area (Å²) in [5, 5.41) is 29.7. The van der Waals surface area contributed by atoms with Gasteiger partial charge in [0.1, 0.15) is 12.1 Å². The van der Waals surface area contributed by atoms with Crippen molar-refractivity contribution in [2.75, 3.05) is 0 Å². The first-order valence-electron chi connectivity index (χ1n) is 14.6. The molecule has 0 N–H and O–H groups in total. The highest BCUT2D eigenvalue weighted by molar-refractivity contribution is 6.23. The Hall–Kier alpha value is -6.36. The number of benzene rings is 7. The number of rotatable bonds is 2. The Labute approximate surface area is 252 Å². The van der Waals surface area contributed by atoms with Crippen LogP contribution in [0.15, 0.2) is 133 Å². The molecule has 0 unspecified atom stereocenters. The molecule has 44 heavy (non-hydrogen) atoms. The molecule has 0 aliphatic carbocycles. The summed E-state index contributed by atoms with van der Waals surface area (Å²) in [6.07, 6.45) is 0. The van der Waals surface area contributed by atoms with Crippen molar-refractivity contribution in [2.45, 2.75) is 0 Å². The van der Waals surface area contributed by atoms with Crippen LogP contribution in [-0.4, -0.2) is 9.13 Å². The first kappa shape index (κ1) is 24.3. The molecule has 202 valence electrons. The van der Waals surface area contributed by atoms with Crippen molar-refractivity contribution >= 4 is 65.2 Å². The monoisotopic (exact) mass is 558 g/mol. The summed E-state index contributed by atoms with van der Waals surface area (Å²) in [6.45, 7) is 0. The van der Waals surface area contributed by atoms with Gasteiger partial charge >= 0.3 is 0 Å². The van der Waals surface area contributed by atoms with E-state index in [9.17, 15) is 10.5 Å². The van der Waals surface area contributed by atoms with Gasteiger partial charge in [0.05, 0.1) is 44.6 Å². The predicted molar refractivity (Wildman–Crippen MR) is 180 cm³/mol. The minimum absolute atomic E-state index is 0.351. The van der Waals surface area contributed by atoms with E-state index in [0.717, 1.165) is 44.2 Å². The number of fused-ring (bicyclic) bond motifs is 10. The van der Waals surface area contributed by atoms with Crippen molar-refractivity contribution in [3.63, 3.8) is 0 Å². The second-order valence-corrected chi connectivity index (χ2v) is 11.2. The van der Waals surface area contributed by atoms with Gasteiger partial charge in [-0.25, -0.2) is 0 Å². The number of aromatic nitrogens is 2. The van der Waals surface area contributed by atoms with E-state index < -0.39 is 0 Å². The molecule has 0 aliphatic rings. The summed E-state index contributed by atoms with van der Waals surface area (Å²) in [7, 11) is 0. The summed E-state index contributed by atoms with van der Waals surface area (Å²) >= 11 is 0. The molecule has 0 saturated heterocycles. The van der Waals surface area contributed by atoms with E-state index in [1.807, 2.05) is 12.1 Å². The predicted octanol–water partition coefficient (Wildman–Crippen LogP) is 9.93. The van der Waals surface area contributed by atoms with Crippen molar-refractivity contribution in [3.05, 3.63) is 145 Å². The minimum Gasteiger partial charge on any atom is -0.307 e. The van der Waals surface area contributed by atoms with Crippen LogP contribution in [0, 0.1) is 22.7 Å². The Morgan fingerprint density at radius 3 is 1.20 bits per heavy atom. The molecule has 0 saturated carbocycles. The summed E-state index contributed by atoms with van der Waals surface area (Å²) in [4.78, 5) is 0. The third-order valence-corrected chi connectivity index (χ3v) is 8.96. The van der Waals surface area contributed by atoms with Crippen LogP contribution in [-0.2, 0) is 0 Å². The largest absolute Gasteiger partial charge is 0.307 e. The van der Waals surface area contributed by atoms with E-state index in [1.54, 1.807) is 0 Å². The highest BCUT2D eigenvalue weighted by Gasteiger charge is 2.22. The maximum absolute atomic E-state index is 10.2. The highest BCUT2D eigenvalue weighted by atomic mass is 15.1. The summed E-state index contributed by atoms with van der Waals surface area (Å²) < 4.78 is 4.52. The van der Waals surface area contributed by atoms with Crippen LogP contribution in [0.4, 0.5) is 0 Å². The van der Waals surface area contributed by atoms with Crippen LogP contribution in [0.25, 0.3) is 76.5 Å². The minimum atomic E-state index is 0.351. The van der Waals surface area contributed by atoms with E-state index >= 15 is 0 Å². The van der Waals surface area contributed by atoms with Gasteiger partial charge in [-0.2, -0.15) is 10.5 Å². The molecule has 0 amide bonds.